The molecule has 2 fully saturated rings. The summed E-state index contributed by atoms with van der Waals surface area (Å²) in [6.45, 7) is 4.71. The lowest BCUT2D eigenvalue weighted by molar-refractivity contribution is 0.0732. The van der Waals surface area contributed by atoms with Crippen molar-refractivity contribution in [3.63, 3.8) is 0 Å². The summed E-state index contributed by atoms with van der Waals surface area (Å²) in [6, 6.07) is 0. The van der Waals surface area contributed by atoms with Crippen molar-refractivity contribution in [2.24, 2.45) is 17.1 Å². The van der Waals surface area contributed by atoms with Crippen LogP contribution in [0.1, 0.15) is 58.8 Å². The molecular weight excluding hydrogens is 186 g/mol. The van der Waals surface area contributed by atoms with Crippen LogP contribution >= 0.6 is 0 Å². The predicted octanol–water partition coefficient (Wildman–Crippen LogP) is 2.45. The molecule has 15 heavy (non-hydrogen) atoms. The van der Waals surface area contributed by atoms with Gasteiger partial charge in [-0.25, -0.2) is 0 Å². The minimum atomic E-state index is -0.0870. The topological polar surface area (TPSA) is 46.2 Å². The van der Waals surface area contributed by atoms with Crippen molar-refractivity contribution >= 4 is 0 Å². The molecule has 0 bridgehead atoms. The highest BCUT2D eigenvalue weighted by Gasteiger charge is 2.44. The van der Waals surface area contributed by atoms with Crippen LogP contribution in [0.5, 0.6) is 0 Å². The SMILES string of the molecule is CC1(C)CCC(C2(N)CCC(O)CC2)C1. The molecular formula is C13H25NO. The predicted molar refractivity (Wildman–Crippen MR) is 62.5 cm³/mol. The van der Waals surface area contributed by atoms with E-state index in [4.69, 9.17) is 5.73 Å². The van der Waals surface area contributed by atoms with Gasteiger partial charge in [-0.2, -0.15) is 0 Å². The molecule has 0 heterocycles. The molecule has 0 amide bonds. The quantitative estimate of drug-likeness (QED) is 0.700. The van der Waals surface area contributed by atoms with Crippen molar-refractivity contribution in [2.45, 2.75) is 70.4 Å². The van der Waals surface area contributed by atoms with Crippen LogP contribution in [0, 0.1) is 11.3 Å². The summed E-state index contributed by atoms with van der Waals surface area (Å²) in [6.07, 6.45) is 7.67. The Morgan fingerprint density at radius 1 is 1.07 bits per heavy atom. The maximum atomic E-state index is 9.53. The maximum Gasteiger partial charge on any atom is 0.0541 e. The molecule has 1 atom stereocenters. The Kier molecular flexibility index (Phi) is 2.85. The standard InChI is InChI=1S/C13H25NO/c1-12(2)6-3-10(9-12)13(14)7-4-11(15)5-8-13/h10-11,15H,3-9,14H2,1-2H3. The molecule has 88 valence electrons. The molecule has 0 aromatic carbocycles. The van der Waals surface area contributed by atoms with Crippen LogP contribution in [0.15, 0.2) is 0 Å². The van der Waals surface area contributed by atoms with Gasteiger partial charge in [0.25, 0.3) is 0 Å². The molecule has 2 nitrogen and oxygen atoms in total. The number of aliphatic hydroxyl groups excluding tert-OH is 1. The van der Waals surface area contributed by atoms with E-state index in [0.717, 1.165) is 25.7 Å². The molecule has 0 aromatic rings. The smallest absolute Gasteiger partial charge is 0.0541 e. The van der Waals surface area contributed by atoms with Gasteiger partial charge < -0.3 is 10.8 Å². The highest BCUT2D eigenvalue weighted by molar-refractivity contribution is 5.00. The molecule has 3 N–H and O–H groups in total. The molecule has 2 heteroatoms. The first-order chi connectivity index (χ1) is 6.91. The van der Waals surface area contributed by atoms with Crippen LogP contribution in [-0.4, -0.2) is 16.7 Å². The minimum Gasteiger partial charge on any atom is -0.393 e. The Bertz CT molecular complexity index is 229. The summed E-state index contributed by atoms with van der Waals surface area (Å²) < 4.78 is 0. The lowest BCUT2D eigenvalue weighted by atomic mass is 9.71. The zero-order valence-electron chi connectivity index (χ0n) is 10.1. The van der Waals surface area contributed by atoms with Crippen LogP contribution in [0.2, 0.25) is 0 Å². The van der Waals surface area contributed by atoms with Crippen LogP contribution in [-0.2, 0) is 0 Å². The molecule has 0 spiro atoms. The van der Waals surface area contributed by atoms with E-state index in [0.29, 0.717) is 11.3 Å². The van der Waals surface area contributed by atoms with Gasteiger partial charge in [-0.15, -0.1) is 0 Å². The number of aliphatic hydroxyl groups is 1. The largest absolute Gasteiger partial charge is 0.393 e. The van der Waals surface area contributed by atoms with Crippen LogP contribution in [0.3, 0.4) is 0 Å². The van der Waals surface area contributed by atoms with E-state index in [1.165, 1.54) is 19.3 Å². The van der Waals surface area contributed by atoms with E-state index in [1.54, 1.807) is 0 Å². The summed E-state index contributed by atoms with van der Waals surface area (Å²) in [5.41, 5.74) is 7.06. The van der Waals surface area contributed by atoms with Gasteiger partial charge in [-0.1, -0.05) is 13.8 Å². The van der Waals surface area contributed by atoms with Crippen LogP contribution in [0.25, 0.3) is 0 Å². The fourth-order valence-corrected chi connectivity index (χ4v) is 3.48. The molecule has 2 aliphatic carbocycles. The minimum absolute atomic E-state index is 0.0347. The molecule has 1 unspecified atom stereocenters. The fraction of sp³-hybridized carbons (Fsp3) is 1.00. The fourth-order valence-electron chi connectivity index (χ4n) is 3.48. The Morgan fingerprint density at radius 2 is 1.67 bits per heavy atom. The van der Waals surface area contributed by atoms with Gasteiger partial charge in [-0.05, 0) is 56.3 Å². The number of rotatable bonds is 1. The zero-order chi connectivity index (χ0) is 11.1. The van der Waals surface area contributed by atoms with Crippen molar-refractivity contribution in [3.05, 3.63) is 0 Å². The summed E-state index contributed by atoms with van der Waals surface area (Å²) >= 11 is 0. The highest BCUT2D eigenvalue weighted by atomic mass is 16.3. The Labute approximate surface area is 93.2 Å². The van der Waals surface area contributed by atoms with E-state index in [-0.39, 0.29) is 11.6 Å². The van der Waals surface area contributed by atoms with Crippen molar-refractivity contribution < 1.29 is 5.11 Å². The van der Waals surface area contributed by atoms with Gasteiger partial charge in [-0.3, -0.25) is 0 Å². The molecule has 0 aromatic heterocycles. The lowest BCUT2D eigenvalue weighted by Crippen LogP contribution is -2.50. The van der Waals surface area contributed by atoms with E-state index in [2.05, 4.69) is 13.8 Å². The third-order valence-electron chi connectivity index (χ3n) is 4.67. The van der Waals surface area contributed by atoms with E-state index >= 15 is 0 Å². The number of hydrogen-bond donors (Lipinski definition) is 2. The molecule has 0 saturated heterocycles. The Morgan fingerprint density at radius 3 is 2.13 bits per heavy atom. The molecule has 2 rings (SSSR count). The normalized spacial score (nSPS) is 45.6. The second-order valence-corrected chi connectivity index (χ2v) is 6.57. The molecule has 2 aliphatic rings. The summed E-state index contributed by atoms with van der Waals surface area (Å²) in [4.78, 5) is 0. The second-order valence-electron chi connectivity index (χ2n) is 6.57. The molecule has 0 aliphatic heterocycles. The second kappa shape index (κ2) is 3.74. The lowest BCUT2D eigenvalue weighted by Gasteiger charge is -2.41. The van der Waals surface area contributed by atoms with Gasteiger partial charge in [0.15, 0.2) is 0 Å². The van der Waals surface area contributed by atoms with Gasteiger partial charge in [0.05, 0.1) is 6.10 Å². The average molecular weight is 211 g/mol. The average Bonchev–Trinajstić information content (AvgIpc) is 2.52. The van der Waals surface area contributed by atoms with Crippen molar-refractivity contribution in [1.29, 1.82) is 0 Å². The molecule has 0 radical (unpaired) electrons. The first-order valence-corrected chi connectivity index (χ1v) is 6.38. The maximum absolute atomic E-state index is 9.53. The van der Waals surface area contributed by atoms with Gasteiger partial charge in [0.2, 0.25) is 0 Å². The Hall–Kier alpha value is -0.0800. The first kappa shape index (κ1) is 11.4. The zero-order valence-corrected chi connectivity index (χ0v) is 10.1. The van der Waals surface area contributed by atoms with Gasteiger partial charge >= 0.3 is 0 Å². The third kappa shape index (κ3) is 2.36. The van der Waals surface area contributed by atoms with Crippen LogP contribution < -0.4 is 5.73 Å². The van der Waals surface area contributed by atoms with E-state index in [1.807, 2.05) is 0 Å². The molecule has 2 saturated carbocycles. The van der Waals surface area contributed by atoms with Crippen LogP contribution in [0.4, 0.5) is 0 Å². The third-order valence-corrected chi connectivity index (χ3v) is 4.67. The van der Waals surface area contributed by atoms with Crippen molar-refractivity contribution in [3.8, 4) is 0 Å². The highest BCUT2D eigenvalue weighted by Crippen LogP contribution is 2.48. The number of hydrogen-bond acceptors (Lipinski definition) is 2. The van der Waals surface area contributed by atoms with E-state index < -0.39 is 0 Å². The Balaban J connectivity index is 1.98. The summed E-state index contributed by atoms with van der Waals surface area (Å²) in [5, 5.41) is 9.53. The first-order valence-electron chi connectivity index (χ1n) is 6.38. The van der Waals surface area contributed by atoms with E-state index in [9.17, 15) is 5.11 Å². The van der Waals surface area contributed by atoms with Crippen molar-refractivity contribution in [1.82, 2.24) is 0 Å². The monoisotopic (exact) mass is 211 g/mol. The van der Waals surface area contributed by atoms with Crippen molar-refractivity contribution in [2.75, 3.05) is 0 Å². The van der Waals surface area contributed by atoms with Gasteiger partial charge in [0, 0.05) is 5.54 Å². The number of nitrogens with two attached hydrogens (primary N) is 1. The summed E-state index contributed by atoms with van der Waals surface area (Å²) in [7, 11) is 0. The van der Waals surface area contributed by atoms with Gasteiger partial charge in [0.1, 0.15) is 0 Å². The summed E-state index contributed by atoms with van der Waals surface area (Å²) in [5.74, 6) is 0.694.